The molecule has 1 N–H and O–H groups in total. The highest BCUT2D eigenvalue weighted by molar-refractivity contribution is 5.74. The fourth-order valence-electron chi connectivity index (χ4n) is 2.95. The third-order valence-corrected chi connectivity index (χ3v) is 4.26. The summed E-state index contributed by atoms with van der Waals surface area (Å²) < 4.78 is 0. The molecule has 2 rings (SSSR count). The number of hydrogen-bond donors (Lipinski definition) is 1. The van der Waals surface area contributed by atoms with E-state index in [4.69, 9.17) is 0 Å². The van der Waals surface area contributed by atoms with Crippen LogP contribution in [0.4, 0.5) is 4.79 Å². The van der Waals surface area contributed by atoms with Crippen molar-refractivity contribution in [1.29, 1.82) is 0 Å². The summed E-state index contributed by atoms with van der Waals surface area (Å²) in [6.45, 7) is 8.20. The number of carbonyl (C=O) groups is 1. The van der Waals surface area contributed by atoms with E-state index in [1.54, 1.807) is 0 Å². The van der Waals surface area contributed by atoms with E-state index in [1.807, 2.05) is 4.90 Å². The predicted octanol–water partition coefficient (Wildman–Crippen LogP) is 2.05. The van der Waals surface area contributed by atoms with E-state index in [2.05, 4.69) is 24.1 Å². The number of amides is 2. The van der Waals surface area contributed by atoms with Crippen molar-refractivity contribution in [2.75, 3.05) is 26.2 Å². The molecule has 0 spiro atoms. The third kappa shape index (κ3) is 3.61. The highest BCUT2D eigenvalue weighted by Crippen LogP contribution is 2.17. The molecule has 0 unspecified atom stereocenters. The molecule has 2 aliphatic rings. The Morgan fingerprint density at radius 2 is 1.67 bits per heavy atom. The van der Waals surface area contributed by atoms with Gasteiger partial charge in [-0.05, 0) is 26.7 Å². The molecule has 0 aromatic rings. The molecule has 0 atom stereocenters. The Balaban J connectivity index is 1.73. The maximum atomic E-state index is 12.1. The van der Waals surface area contributed by atoms with Crippen molar-refractivity contribution < 1.29 is 4.79 Å². The number of nitrogens with zero attached hydrogens (tertiary/aromatic N) is 2. The number of urea groups is 1. The molecule has 0 aromatic heterocycles. The van der Waals surface area contributed by atoms with E-state index in [1.165, 1.54) is 19.3 Å². The average Bonchev–Trinajstić information content (AvgIpc) is 2.40. The van der Waals surface area contributed by atoms with E-state index in [0.717, 1.165) is 39.0 Å². The van der Waals surface area contributed by atoms with E-state index in [9.17, 15) is 4.79 Å². The molecular weight excluding hydrogens is 226 g/mol. The van der Waals surface area contributed by atoms with Crippen molar-refractivity contribution in [1.82, 2.24) is 15.1 Å². The molecule has 1 saturated heterocycles. The number of carbonyl (C=O) groups excluding carboxylic acids is 1. The molecule has 4 nitrogen and oxygen atoms in total. The fraction of sp³-hybridized carbons (Fsp3) is 0.929. The maximum absolute atomic E-state index is 12.1. The molecule has 1 aliphatic heterocycles. The Kier molecular flexibility index (Phi) is 4.87. The summed E-state index contributed by atoms with van der Waals surface area (Å²) in [7, 11) is 0. The third-order valence-electron chi connectivity index (χ3n) is 4.26. The molecular formula is C14H27N3O. The van der Waals surface area contributed by atoms with Gasteiger partial charge >= 0.3 is 6.03 Å². The second kappa shape index (κ2) is 6.41. The lowest BCUT2D eigenvalue weighted by Crippen LogP contribution is -2.54. The second-order valence-corrected chi connectivity index (χ2v) is 5.90. The molecule has 0 aromatic carbocycles. The molecule has 1 heterocycles. The lowest BCUT2D eigenvalue weighted by molar-refractivity contribution is 0.117. The fourth-order valence-corrected chi connectivity index (χ4v) is 2.95. The first kappa shape index (κ1) is 13.7. The summed E-state index contributed by atoms with van der Waals surface area (Å²) in [5.41, 5.74) is 0. The van der Waals surface area contributed by atoms with Gasteiger partial charge in [-0.2, -0.15) is 0 Å². The smallest absolute Gasteiger partial charge is 0.317 e. The predicted molar refractivity (Wildman–Crippen MR) is 73.7 cm³/mol. The highest BCUT2D eigenvalue weighted by atomic mass is 16.2. The molecule has 104 valence electrons. The highest BCUT2D eigenvalue weighted by Gasteiger charge is 2.24. The SMILES string of the molecule is CC(C)N1CCN(C(=O)NC2CCCCC2)CC1. The molecule has 2 amide bonds. The molecule has 1 saturated carbocycles. The van der Waals surface area contributed by atoms with Gasteiger partial charge in [0.15, 0.2) is 0 Å². The largest absolute Gasteiger partial charge is 0.335 e. The quantitative estimate of drug-likeness (QED) is 0.817. The molecule has 1 aliphatic carbocycles. The second-order valence-electron chi connectivity index (χ2n) is 5.90. The van der Waals surface area contributed by atoms with Crippen molar-refractivity contribution in [2.24, 2.45) is 0 Å². The van der Waals surface area contributed by atoms with Crippen molar-refractivity contribution >= 4 is 6.03 Å². The Bertz CT molecular complexity index is 266. The molecule has 2 fully saturated rings. The first-order valence-corrected chi connectivity index (χ1v) is 7.46. The van der Waals surface area contributed by atoms with Crippen LogP contribution in [0.15, 0.2) is 0 Å². The number of nitrogens with one attached hydrogen (secondary N) is 1. The van der Waals surface area contributed by atoms with Gasteiger partial charge in [-0.3, -0.25) is 4.90 Å². The molecule has 18 heavy (non-hydrogen) atoms. The van der Waals surface area contributed by atoms with E-state index in [-0.39, 0.29) is 6.03 Å². The minimum Gasteiger partial charge on any atom is -0.335 e. The number of rotatable bonds is 2. The first-order valence-electron chi connectivity index (χ1n) is 7.46. The zero-order valence-electron chi connectivity index (χ0n) is 11.8. The van der Waals surface area contributed by atoms with Crippen LogP contribution >= 0.6 is 0 Å². The minimum atomic E-state index is 0.158. The molecule has 0 radical (unpaired) electrons. The zero-order chi connectivity index (χ0) is 13.0. The van der Waals surface area contributed by atoms with Gasteiger partial charge in [0.1, 0.15) is 0 Å². The lowest BCUT2D eigenvalue weighted by Gasteiger charge is -2.37. The monoisotopic (exact) mass is 253 g/mol. The Hall–Kier alpha value is -0.770. The van der Waals surface area contributed by atoms with Crippen LogP contribution in [0.1, 0.15) is 46.0 Å². The van der Waals surface area contributed by atoms with Crippen LogP contribution in [-0.4, -0.2) is 54.1 Å². The number of piperazine rings is 1. The Morgan fingerprint density at radius 1 is 1.06 bits per heavy atom. The Labute approximate surface area is 111 Å². The molecule has 4 heteroatoms. The van der Waals surface area contributed by atoms with Gasteiger partial charge in [0.25, 0.3) is 0 Å². The van der Waals surface area contributed by atoms with Crippen molar-refractivity contribution in [3.8, 4) is 0 Å². The van der Waals surface area contributed by atoms with E-state index in [0.29, 0.717) is 12.1 Å². The molecule has 0 bridgehead atoms. The van der Waals surface area contributed by atoms with Crippen LogP contribution in [-0.2, 0) is 0 Å². The standard InChI is InChI=1S/C14H27N3O/c1-12(2)16-8-10-17(11-9-16)14(18)15-13-6-4-3-5-7-13/h12-13H,3-11H2,1-2H3,(H,15,18). The van der Waals surface area contributed by atoms with Gasteiger partial charge in [-0.25, -0.2) is 4.79 Å². The topological polar surface area (TPSA) is 35.6 Å². The van der Waals surface area contributed by atoms with Crippen LogP contribution in [0.5, 0.6) is 0 Å². The van der Waals surface area contributed by atoms with Gasteiger partial charge in [-0.15, -0.1) is 0 Å². The van der Waals surface area contributed by atoms with E-state index >= 15 is 0 Å². The van der Waals surface area contributed by atoms with Gasteiger partial charge in [-0.1, -0.05) is 19.3 Å². The van der Waals surface area contributed by atoms with Crippen LogP contribution in [0.2, 0.25) is 0 Å². The van der Waals surface area contributed by atoms with Crippen LogP contribution in [0, 0.1) is 0 Å². The van der Waals surface area contributed by atoms with Crippen molar-refractivity contribution in [2.45, 2.75) is 58.0 Å². The summed E-state index contributed by atoms with van der Waals surface area (Å²) in [6, 6.07) is 1.17. The normalized spacial score (nSPS) is 23.4. The van der Waals surface area contributed by atoms with Gasteiger partial charge in [0, 0.05) is 38.3 Å². The summed E-state index contributed by atoms with van der Waals surface area (Å²) >= 11 is 0. The van der Waals surface area contributed by atoms with Crippen LogP contribution in [0.3, 0.4) is 0 Å². The van der Waals surface area contributed by atoms with E-state index < -0.39 is 0 Å². The lowest BCUT2D eigenvalue weighted by atomic mass is 9.96. The summed E-state index contributed by atoms with van der Waals surface area (Å²) in [5.74, 6) is 0. The Morgan fingerprint density at radius 3 is 2.22 bits per heavy atom. The number of hydrogen-bond acceptors (Lipinski definition) is 2. The average molecular weight is 253 g/mol. The van der Waals surface area contributed by atoms with Gasteiger partial charge in [0.2, 0.25) is 0 Å². The minimum absolute atomic E-state index is 0.158. The van der Waals surface area contributed by atoms with Crippen molar-refractivity contribution in [3.05, 3.63) is 0 Å². The van der Waals surface area contributed by atoms with Gasteiger partial charge in [0.05, 0.1) is 0 Å². The maximum Gasteiger partial charge on any atom is 0.317 e. The van der Waals surface area contributed by atoms with Crippen LogP contribution in [0.25, 0.3) is 0 Å². The summed E-state index contributed by atoms with van der Waals surface area (Å²) in [5, 5.41) is 3.20. The van der Waals surface area contributed by atoms with Crippen molar-refractivity contribution in [3.63, 3.8) is 0 Å². The first-order chi connectivity index (χ1) is 8.66. The summed E-state index contributed by atoms with van der Waals surface area (Å²) in [4.78, 5) is 16.6. The summed E-state index contributed by atoms with van der Waals surface area (Å²) in [6.07, 6.45) is 6.20. The van der Waals surface area contributed by atoms with Crippen LogP contribution < -0.4 is 5.32 Å². The van der Waals surface area contributed by atoms with Gasteiger partial charge < -0.3 is 10.2 Å². The zero-order valence-corrected chi connectivity index (χ0v) is 11.8.